The molecule has 0 spiro atoms. The van der Waals surface area contributed by atoms with Gasteiger partial charge in [0.25, 0.3) is 5.69 Å². The summed E-state index contributed by atoms with van der Waals surface area (Å²) < 4.78 is 10.7. The second kappa shape index (κ2) is 7.91. The predicted octanol–water partition coefficient (Wildman–Crippen LogP) is 3.21. The van der Waals surface area contributed by atoms with Gasteiger partial charge in [-0.2, -0.15) is 0 Å². The Morgan fingerprint density at radius 1 is 1.28 bits per heavy atom. The first-order chi connectivity index (χ1) is 11.9. The first-order valence-electron chi connectivity index (χ1n) is 7.27. The smallest absolute Gasteiger partial charge is 0.344 e. The number of hydrogen-bond acceptors (Lipinski definition) is 6. The first kappa shape index (κ1) is 17.9. The summed E-state index contributed by atoms with van der Waals surface area (Å²) in [5, 5.41) is 19.7. The molecule has 130 valence electrons. The third-order valence-corrected chi connectivity index (χ3v) is 3.28. The van der Waals surface area contributed by atoms with Gasteiger partial charge >= 0.3 is 5.97 Å². The predicted molar refractivity (Wildman–Crippen MR) is 91.1 cm³/mol. The summed E-state index contributed by atoms with van der Waals surface area (Å²) in [5.41, 5.74) is 0.996. The molecule has 25 heavy (non-hydrogen) atoms. The molecule has 0 bridgehead atoms. The molecule has 8 heteroatoms. The monoisotopic (exact) mass is 344 g/mol. The Morgan fingerprint density at radius 3 is 2.52 bits per heavy atom. The van der Waals surface area contributed by atoms with Gasteiger partial charge in [0.05, 0.1) is 17.7 Å². The van der Waals surface area contributed by atoms with E-state index in [9.17, 15) is 14.9 Å². The van der Waals surface area contributed by atoms with Crippen LogP contribution in [0.1, 0.15) is 12.5 Å². The number of aliphatic imine (C=N–C) groups is 1. The number of carboxylic acid groups (broad SMARTS) is 1. The zero-order valence-electron chi connectivity index (χ0n) is 13.6. The number of carbonyl (C=O) groups is 1. The maximum absolute atomic E-state index is 11.0. The fraction of sp³-hybridized carbons (Fsp3) is 0.176. The van der Waals surface area contributed by atoms with Crippen LogP contribution >= 0.6 is 0 Å². The van der Waals surface area contributed by atoms with Crippen molar-refractivity contribution < 1.29 is 24.3 Å². The summed E-state index contributed by atoms with van der Waals surface area (Å²) >= 11 is 0. The van der Waals surface area contributed by atoms with E-state index in [1.807, 2.05) is 0 Å². The summed E-state index contributed by atoms with van der Waals surface area (Å²) in [6.07, 6.45) is 0.413. The Bertz CT molecular complexity index is 801. The SMILES string of the molecule is COc1cccc(C=Nc2ccc([N+](=O)[O-])cc2)c1O[C@@H](C)C(=O)O. The molecule has 2 aromatic rings. The molecule has 0 aliphatic rings. The topological polar surface area (TPSA) is 111 Å². The Labute approximate surface area is 143 Å². The number of benzene rings is 2. The van der Waals surface area contributed by atoms with Crippen molar-refractivity contribution in [2.75, 3.05) is 7.11 Å². The van der Waals surface area contributed by atoms with Gasteiger partial charge in [-0.15, -0.1) is 0 Å². The summed E-state index contributed by atoms with van der Waals surface area (Å²) in [5.74, 6) is -0.476. The highest BCUT2D eigenvalue weighted by Crippen LogP contribution is 2.31. The average molecular weight is 344 g/mol. The zero-order valence-corrected chi connectivity index (χ0v) is 13.6. The van der Waals surface area contributed by atoms with Gasteiger partial charge in [0.15, 0.2) is 17.6 Å². The first-order valence-corrected chi connectivity index (χ1v) is 7.27. The van der Waals surface area contributed by atoms with Crippen LogP contribution in [0.3, 0.4) is 0 Å². The van der Waals surface area contributed by atoms with Gasteiger partial charge in [-0.05, 0) is 31.2 Å². The van der Waals surface area contributed by atoms with Crippen LogP contribution in [0.2, 0.25) is 0 Å². The summed E-state index contributed by atoms with van der Waals surface area (Å²) in [4.78, 5) is 25.4. The van der Waals surface area contributed by atoms with Gasteiger partial charge < -0.3 is 14.6 Å². The van der Waals surface area contributed by atoms with Crippen molar-refractivity contribution in [3.63, 3.8) is 0 Å². The third kappa shape index (κ3) is 4.54. The molecule has 0 saturated heterocycles. The van der Waals surface area contributed by atoms with Gasteiger partial charge in [0, 0.05) is 23.9 Å². The number of nitro groups is 1. The van der Waals surface area contributed by atoms with Gasteiger partial charge in [-0.1, -0.05) is 6.07 Å². The van der Waals surface area contributed by atoms with E-state index < -0.39 is 17.0 Å². The van der Waals surface area contributed by atoms with Gasteiger partial charge in [-0.3, -0.25) is 15.1 Å². The van der Waals surface area contributed by atoms with E-state index in [1.165, 1.54) is 44.5 Å². The van der Waals surface area contributed by atoms with Crippen molar-refractivity contribution in [2.45, 2.75) is 13.0 Å². The number of para-hydroxylation sites is 1. The van der Waals surface area contributed by atoms with Crippen LogP contribution < -0.4 is 9.47 Å². The van der Waals surface area contributed by atoms with Crippen molar-refractivity contribution in [1.29, 1.82) is 0 Å². The largest absolute Gasteiger partial charge is 0.493 e. The van der Waals surface area contributed by atoms with Crippen LogP contribution in [0.15, 0.2) is 47.5 Å². The minimum absolute atomic E-state index is 0.0281. The van der Waals surface area contributed by atoms with E-state index in [-0.39, 0.29) is 11.4 Å². The molecule has 2 aromatic carbocycles. The molecule has 0 aliphatic heterocycles. The highest BCUT2D eigenvalue weighted by atomic mass is 16.6. The summed E-state index contributed by atoms with van der Waals surface area (Å²) in [6, 6.07) is 10.8. The van der Waals surface area contributed by atoms with Crippen molar-refractivity contribution in [3.05, 3.63) is 58.1 Å². The molecule has 0 radical (unpaired) electrons. The molecular weight excluding hydrogens is 328 g/mol. The minimum atomic E-state index is -1.11. The lowest BCUT2D eigenvalue weighted by atomic mass is 10.2. The molecule has 0 amide bonds. The summed E-state index contributed by atoms with van der Waals surface area (Å²) in [6.45, 7) is 1.41. The maximum atomic E-state index is 11.0. The number of nitrogens with zero attached hydrogens (tertiary/aromatic N) is 2. The maximum Gasteiger partial charge on any atom is 0.344 e. The molecule has 0 aliphatic carbocycles. The normalized spacial score (nSPS) is 11.9. The lowest BCUT2D eigenvalue weighted by Crippen LogP contribution is -2.23. The fourth-order valence-electron chi connectivity index (χ4n) is 1.95. The average Bonchev–Trinajstić information content (AvgIpc) is 2.60. The van der Waals surface area contributed by atoms with Gasteiger partial charge in [0.1, 0.15) is 0 Å². The molecule has 0 heterocycles. The lowest BCUT2D eigenvalue weighted by Gasteiger charge is -2.15. The summed E-state index contributed by atoms with van der Waals surface area (Å²) in [7, 11) is 1.45. The van der Waals surface area contributed by atoms with Crippen LogP contribution in [0.5, 0.6) is 11.5 Å². The molecule has 0 saturated carbocycles. The van der Waals surface area contributed by atoms with E-state index >= 15 is 0 Å². The van der Waals surface area contributed by atoms with Crippen LogP contribution in [-0.4, -0.2) is 35.4 Å². The van der Waals surface area contributed by atoms with E-state index in [1.54, 1.807) is 18.2 Å². The van der Waals surface area contributed by atoms with Gasteiger partial charge in [0.2, 0.25) is 0 Å². The number of ether oxygens (including phenoxy) is 2. The van der Waals surface area contributed by atoms with Crippen LogP contribution in [0, 0.1) is 10.1 Å². The second-order valence-electron chi connectivity index (χ2n) is 5.01. The fourth-order valence-corrected chi connectivity index (χ4v) is 1.95. The zero-order chi connectivity index (χ0) is 18.4. The number of non-ortho nitro benzene ring substituents is 1. The Morgan fingerprint density at radius 2 is 1.96 bits per heavy atom. The highest BCUT2D eigenvalue weighted by molar-refractivity contribution is 5.87. The molecule has 2 rings (SSSR count). The number of rotatable bonds is 7. The van der Waals surface area contributed by atoms with Crippen molar-refractivity contribution >= 4 is 23.6 Å². The third-order valence-electron chi connectivity index (χ3n) is 3.28. The Hall–Kier alpha value is -3.42. The number of methoxy groups -OCH3 is 1. The highest BCUT2D eigenvalue weighted by Gasteiger charge is 2.17. The van der Waals surface area contributed by atoms with E-state index in [0.717, 1.165) is 0 Å². The molecule has 0 aromatic heterocycles. The number of aliphatic carboxylic acids is 1. The van der Waals surface area contributed by atoms with E-state index in [4.69, 9.17) is 14.6 Å². The molecule has 1 atom stereocenters. The number of carboxylic acids is 1. The van der Waals surface area contributed by atoms with E-state index in [0.29, 0.717) is 17.0 Å². The molecule has 0 fully saturated rings. The van der Waals surface area contributed by atoms with Crippen molar-refractivity contribution in [1.82, 2.24) is 0 Å². The van der Waals surface area contributed by atoms with Crippen LogP contribution in [0.25, 0.3) is 0 Å². The van der Waals surface area contributed by atoms with Crippen LogP contribution in [-0.2, 0) is 4.79 Å². The molecule has 1 N–H and O–H groups in total. The molecule has 8 nitrogen and oxygen atoms in total. The number of nitro benzene ring substituents is 1. The number of hydrogen-bond donors (Lipinski definition) is 1. The molecular formula is C17H16N2O6. The lowest BCUT2D eigenvalue weighted by molar-refractivity contribution is -0.384. The van der Waals surface area contributed by atoms with E-state index in [2.05, 4.69) is 4.99 Å². The van der Waals surface area contributed by atoms with Crippen LogP contribution in [0.4, 0.5) is 11.4 Å². The van der Waals surface area contributed by atoms with Crippen molar-refractivity contribution in [3.8, 4) is 11.5 Å². The van der Waals surface area contributed by atoms with Crippen molar-refractivity contribution in [2.24, 2.45) is 4.99 Å². The quantitative estimate of drug-likeness (QED) is 0.469. The van der Waals surface area contributed by atoms with Gasteiger partial charge in [-0.25, -0.2) is 4.79 Å². The standard InChI is InChI=1S/C17H16N2O6/c1-11(17(20)21)25-16-12(4-3-5-15(16)24-2)10-18-13-6-8-14(9-7-13)19(22)23/h3-11H,1-2H3,(H,20,21)/t11-/m0/s1. The Kier molecular flexibility index (Phi) is 5.67. The second-order valence-corrected chi connectivity index (χ2v) is 5.01. The Balaban J connectivity index is 2.31. The minimum Gasteiger partial charge on any atom is -0.493 e. The molecule has 0 unspecified atom stereocenters.